The van der Waals surface area contributed by atoms with Crippen LogP contribution < -0.4 is 0 Å². The van der Waals surface area contributed by atoms with Gasteiger partial charge in [0, 0.05) is 10.5 Å². The monoisotopic (exact) mass is 350 g/mol. The van der Waals surface area contributed by atoms with Crippen LogP contribution >= 0.6 is 33.9 Å². The van der Waals surface area contributed by atoms with E-state index in [1.54, 1.807) is 11.3 Å². The minimum Gasteiger partial charge on any atom is -0.424 e. The number of unbranched alkanes of at least 4 members (excludes halogenated alkanes) is 1. The lowest BCUT2D eigenvalue weighted by Crippen LogP contribution is -1.99. The average molecular weight is 350 g/mol. The second-order valence-corrected chi connectivity index (χ2v) is 5.66. The zero-order valence-corrected chi connectivity index (χ0v) is 12.4. The zero-order valence-electron chi connectivity index (χ0n) is 9.46. The molecule has 88 valence electrons. The predicted octanol–water partition coefficient (Wildman–Crippen LogP) is 4.61. The molecule has 2 nitrogen and oxygen atoms in total. The number of ether oxygens (including phenoxy) is 1. The van der Waals surface area contributed by atoms with E-state index in [4.69, 9.17) is 4.74 Å². The number of rotatable bonds is 5. The number of hydrogen-bond acceptors (Lipinski definition) is 3. The average Bonchev–Trinajstić information content (AvgIpc) is 2.75. The first-order valence-corrected chi connectivity index (χ1v) is 7.22. The van der Waals surface area contributed by atoms with Gasteiger partial charge in [-0.3, -0.25) is 4.79 Å². The highest BCUT2D eigenvalue weighted by Crippen LogP contribution is 2.31. The fourth-order valence-electron chi connectivity index (χ4n) is 1.24. The smallest absolute Gasteiger partial charge is 0.308 e. The van der Waals surface area contributed by atoms with Gasteiger partial charge < -0.3 is 4.74 Å². The van der Waals surface area contributed by atoms with Crippen LogP contribution in [0.15, 0.2) is 21.1 Å². The normalized spacial score (nSPS) is 12.2. The Morgan fingerprint density at radius 1 is 1.56 bits per heavy atom. The number of thiophene rings is 1. The van der Waals surface area contributed by atoms with E-state index >= 15 is 0 Å². The van der Waals surface area contributed by atoms with Gasteiger partial charge in [0.2, 0.25) is 0 Å². The summed E-state index contributed by atoms with van der Waals surface area (Å²) in [5.41, 5.74) is 0. The SMILES string of the molecule is CCCC/C(I)=C(\OC(C)=O)c1cccs1. The summed E-state index contributed by atoms with van der Waals surface area (Å²) < 4.78 is 6.42. The lowest BCUT2D eigenvalue weighted by atomic mass is 10.2. The first kappa shape index (κ1) is 13.7. The third-order valence-electron chi connectivity index (χ3n) is 1.99. The van der Waals surface area contributed by atoms with Gasteiger partial charge >= 0.3 is 5.97 Å². The van der Waals surface area contributed by atoms with E-state index in [0.717, 1.165) is 33.5 Å². The number of carbonyl (C=O) groups excluding carboxylic acids is 1. The van der Waals surface area contributed by atoms with Crippen LogP contribution in [0.3, 0.4) is 0 Å². The number of hydrogen-bond donors (Lipinski definition) is 0. The molecule has 1 heterocycles. The highest BCUT2D eigenvalue weighted by Gasteiger charge is 2.12. The second kappa shape index (κ2) is 7.06. The van der Waals surface area contributed by atoms with Crippen molar-refractivity contribution in [1.29, 1.82) is 0 Å². The van der Waals surface area contributed by atoms with Gasteiger partial charge in [-0.2, -0.15) is 0 Å². The van der Waals surface area contributed by atoms with Crippen LogP contribution in [0.2, 0.25) is 0 Å². The molecular weight excluding hydrogens is 335 g/mol. The lowest BCUT2D eigenvalue weighted by molar-refractivity contribution is -0.134. The van der Waals surface area contributed by atoms with Crippen molar-refractivity contribution in [2.24, 2.45) is 0 Å². The molecule has 1 aromatic heterocycles. The van der Waals surface area contributed by atoms with Crippen molar-refractivity contribution < 1.29 is 9.53 Å². The van der Waals surface area contributed by atoms with Crippen LogP contribution in [0.1, 0.15) is 38.0 Å². The molecule has 0 fully saturated rings. The molecule has 0 bridgehead atoms. The summed E-state index contributed by atoms with van der Waals surface area (Å²) in [6.45, 7) is 3.60. The largest absolute Gasteiger partial charge is 0.424 e. The molecule has 0 aromatic carbocycles. The maximum Gasteiger partial charge on any atom is 0.308 e. The van der Waals surface area contributed by atoms with Crippen LogP contribution in [0, 0.1) is 0 Å². The number of esters is 1. The van der Waals surface area contributed by atoms with Gasteiger partial charge in [-0.25, -0.2) is 0 Å². The predicted molar refractivity (Wildman–Crippen MR) is 76.6 cm³/mol. The first-order chi connectivity index (χ1) is 7.65. The maximum atomic E-state index is 11.1. The van der Waals surface area contributed by atoms with Crippen molar-refractivity contribution in [2.45, 2.75) is 33.1 Å². The van der Waals surface area contributed by atoms with E-state index in [-0.39, 0.29) is 5.97 Å². The fourth-order valence-corrected chi connectivity index (χ4v) is 2.93. The van der Waals surface area contributed by atoms with Crippen molar-refractivity contribution in [1.82, 2.24) is 0 Å². The molecule has 0 unspecified atom stereocenters. The van der Waals surface area contributed by atoms with Gasteiger partial charge in [0.05, 0.1) is 4.88 Å². The van der Waals surface area contributed by atoms with Crippen LogP contribution in [0.25, 0.3) is 5.76 Å². The Morgan fingerprint density at radius 3 is 2.81 bits per heavy atom. The highest BCUT2D eigenvalue weighted by atomic mass is 127. The second-order valence-electron chi connectivity index (χ2n) is 3.41. The van der Waals surface area contributed by atoms with Crippen molar-refractivity contribution in [3.8, 4) is 0 Å². The summed E-state index contributed by atoms with van der Waals surface area (Å²) >= 11 is 3.87. The Balaban J connectivity index is 2.90. The molecule has 0 saturated heterocycles. The number of allylic oxidation sites excluding steroid dienone is 1. The molecule has 0 aliphatic heterocycles. The minimum atomic E-state index is -0.255. The summed E-state index contributed by atoms with van der Waals surface area (Å²) in [7, 11) is 0. The molecule has 0 spiro atoms. The molecular formula is C12H15IO2S. The van der Waals surface area contributed by atoms with E-state index in [9.17, 15) is 4.79 Å². The first-order valence-electron chi connectivity index (χ1n) is 5.26. The highest BCUT2D eigenvalue weighted by molar-refractivity contribution is 14.1. The topological polar surface area (TPSA) is 26.3 Å². The van der Waals surface area contributed by atoms with Gasteiger partial charge in [-0.15, -0.1) is 11.3 Å². The molecule has 1 rings (SSSR count). The quantitative estimate of drug-likeness (QED) is 0.441. The van der Waals surface area contributed by atoms with Gasteiger partial charge in [0.25, 0.3) is 0 Å². The van der Waals surface area contributed by atoms with Crippen LogP contribution in [-0.4, -0.2) is 5.97 Å². The van der Waals surface area contributed by atoms with E-state index in [1.165, 1.54) is 6.92 Å². The standard InChI is InChI=1S/C12H15IO2S/c1-3-4-6-10(13)12(15-9(2)14)11-7-5-8-16-11/h5,7-8H,3-4,6H2,1-2H3/b12-10+. The molecule has 0 aliphatic carbocycles. The van der Waals surface area contributed by atoms with Crippen LogP contribution in [0.4, 0.5) is 0 Å². The van der Waals surface area contributed by atoms with Crippen molar-refractivity contribution in [2.75, 3.05) is 0 Å². The fraction of sp³-hybridized carbons (Fsp3) is 0.417. The molecule has 0 aliphatic rings. The van der Waals surface area contributed by atoms with Gasteiger partial charge in [0.15, 0.2) is 5.76 Å². The van der Waals surface area contributed by atoms with Gasteiger partial charge in [0.1, 0.15) is 0 Å². The molecule has 0 saturated carbocycles. The summed E-state index contributed by atoms with van der Waals surface area (Å²) in [4.78, 5) is 12.1. The summed E-state index contributed by atoms with van der Waals surface area (Å²) in [6.07, 6.45) is 3.23. The summed E-state index contributed by atoms with van der Waals surface area (Å²) in [6, 6.07) is 3.95. The van der Waals surface area contributed by atoms with E-state index in [2.05, 4.69) is 29.5 Å². The molecule has 0 radical (unpaired) electrons. The Bertz CT molecular complexity index is 368. The Morgan fingerprint density at radius 2 is 2.31 bits per heavy atom. The molecule has 0 N–H and O–H groups in total. The molecule has 16 heavy (non-hydrogen) atoms. The van der Waals surface area contributed by atoms with E-state index in [0.29, 0.717) is 0 Å². The maximum absolute atomic E-state index is 11.1. The van der Waals surface area contributed by atoms with Gasteiger partial charge in [-0.05, 0) is 46.9 Å². The van der Waals surface area contributed by atoms with E-state index in [1.807, 2.05) is 17.5 Å². The molecule has 4 heteroatoms. The van der Waals surface area contributed by atoms with E-state index < -0.39 is 0 Å². The Kier molecular flexibility index (Phi) is 6.05. The van der Waals surface area contributed by atoms with Gasteiger partial charge in [-0.1, -0.05) is 19.4 Å². The Labute approximate surface area is 114 Å². The van der Waals surface area contributed by atoms with Crippen LogP contribution in [0.5, 0.6) is 0 Å². The number of halogens is 1. The molecule has 0 atom stereocenters. The zero-order chi connectivity index (χ0) is 12.0. The lowest BCUT2D eigenvalue weighted by Gasteiger charge is -2.08. The van der Waals surface area contributed by atoms with Crippen molar-refractivity contribution in [3.63, 3.8) is 0 Å². The van der Waals surface area contributed by atoms with Crippen molar-refractivity contribution >= 4 is 45.7 Å². The summed E-state index contributed by atoms with van der Waals surface area (Å²) in [5, 5.41) is 1.99. The number of carbonyl (C=O) groups is 1. The summed E-state index contributed by atoms with van der Waals surface area (Å²) in [5.74, 6) is 0.477. The molecule has 1 aromatic rings. The Hall–Kier alpha value is -0.360. The molecule has 0 amide bonds. The van der Waals surface area contributed by atoms with Crippen molar-refractivity contribution in [3.05, 3.63) is 26.0 Å². The minimum absolute atomic E-state index is 0.255. The third kappa shape index (κ3) is 4.25. The van der Waals surface area contributed by atoms with Crippen LogP contribution in [-0.2, 0) is 9.53 Å². The third-order valence-corrected chi connectivity index (χ3v) is 3.88.